The van der Waals surface area contributed by atoms with Gasteiger partial charge in [0, 0.05) is 23.5 Å². The van der Waals surface area contributed by atoms with Gasteiger partial charge in [-0.05, 0) is 37.7 Å². The summed E-state index contributed by atoms with van der Waals surface area (Å²) in [6, 6.07) is 11.8. The third-order valence-corrected chi connectivity index (χ3v) is 5.01. The summed E-state index contributed by atoms with van der Waals surface area (Å²) < 4.78 is 10.6. The van der Waals surface area contributed by atoms with E-state index in [-0.39, 0.29) is 11.3 Å². The van der Waals surface area contributed by atoms with Crippen LogP contribution in [0.5, 0.6) is 17.2 Å². The Morgan fingerprint density at radius 1 is 1.04 bits per heavy atom. The van der Waals surface area contributed by atoms with E-state index in [4.69, 9.17) is 9.47 Å². The second kappa shape index (κ2) is 7.87. The van der Waals surface area contributed by atoms with Crippen molar-refractivity contribution in [3.8, 4) is 17.2 Å². The first-order valence-electron chi connectivity index (χ1n) is 7.89. The smallest absolute Gasteiger partial charge is 0.165 e. The van der Waals surface area contributed by atoms with E-state index in [2.05, 4.69) is 38.2 Å². The number of benzene rings is 2. The highest BCUT2D eigenvalue weighted by Crippen LogP contribution is 2.33. The van der Waals surface area contributed by atoms with Crippen molar-refractivity contribution < 1.29 is 14.6 Å². The van der Waals surface area contributed by atoms with E-state index in [0.717, 1.165) is 11.8 Å². The van der Waals surface area contributed by atoms with Crippen LogP contribution in [0.2, 0.25) is 0 Å². The molecule has 5 heteroatoms. The molecule has 4 nitrogen and oxygen atoms in total. The van der Waals surface area contributed by atoms with Crippen molar-refractivity contribution in [2.75, 3.05) is 14.2 Å². The lowest BCUT2D eigenvalue weighted by molar-refractivity contribution is 0.366. The van der Waals surface area contributed by atoms with Crippen molar-refractivity contribution in [2.45, 2.75) is 32.9 Å². The third kappa shape index (κ3) is 4.86. The van der Waals surface area contributed by atoms with Crippen molar-refractivity contribution in [1.29, 1.82) is 0 Å². The number of ether oxygens (including phenoxy) is 2. The van der Waals surface area contributed by atoms with Gasteiger partial charge in [0.15, 0.2) is 11.5 Å². The molecule has 0 spiro atoms. The molecule has 130 valence electrons. The minimum Gasteiger partial charge on any atom is -0.504 e. The van der Waals surface area contributed by atoms with Crippen LogP contribution in [0.25, 0.3) is 0 Å². The summed E-state index contributed by atoms with van der Waals surface area (Å²) >= 11 is 0. The van der Waals surface area contributed by atoms with Gasteiger partial charge in [-0.3, -0.25) is 0 Å². The van der Waals surface area contributed by atoms with Crippen molar-refractivity contribution in [1.82, 2.24) is 5.32 Å². The molecule has 0 radical (unpaired) electrons. The van der Waals surface area contributed by atoms with Gasteiger partial charge in [0.05, 0.1) is 14.2 Å². The van der Waals surface area contributed by atoms with Gasteiger partial charge in [-0.25, -0.2) is 0 Å². The fourth-order valence-corrected chi connectivity index (χ4v) is 3.51. The molecule has 0 saturated carbocycles. The highest BCUT2D eigenvalue weighted by atomic mass is 31.1. The van der Waals surface area contributed by atoms with E-state index in [0.29, 0.717) is 20.1 Å². The monoisotopic (exact) mass is 347 g/mol. The highest BCUT2D eigenvalue weighted by molar-refractivity contribution is 7.55. The number of hydrogen-bond acceptors (Lipinski definition) is 4. The molecule has 1 unspecified atom stereocenters. The van der Waals surface area contributed by atoms with E-state index in [1.807, 2.05) is 18.2 Å². The molecule has 0 aliphatic rings. The largest absolute Gasteiger partial charge is 0.504 e. The van der Waals surface area contributed by atoms with Gasteiger partial charge in [0.2, 0.25) is 0 Å². The molecule has 0 aromatic heterocycles. The van der Waals surface area contributed by atoms with Crippen LogP contribution in [0.4, 0.5) is 0 Å². The quantitative estimate of drug-likeness (QED) is 0.789. The Kier molecular flexibility index (Phi) is 6.09. The average molecular weight is 347 g/mol. The SMILES string of the molecule is COc1cc(OC)c(O)c(Pc2ccccc2CNC(C)(C)C)c1. The summed E-state index contributed by atoms with van der Waals surface area (Å²) in [4.78, 5) is 0. The molecule has 0 saturated heterocycles. The first-order valence-corrected chi connectivity index (χ1v) is 8.89. The fourth-order valence-electron chi connectivity index (χ4n) is 2.25. The van der Waals surface area contributed by atoms with Crippen LogP contribution in [0.3, 0.4) is 0 Å². The topological polar surface area (TPSA) is 50.7 Å². The van der Waals surface area contributed by atoms with Gasteiger partial charge in [-0.2, -0.15) is 0 Å². The third-order valence-electron chi connectivity index (χ3n) is 3.60. The molecule has 0 bridgehead atoms. The lowest BCUT2D eigenvalue weighted by Gasteiger charge is -2.22. The normalized spacial score (nSPS) is 11.9. The molecule has 0 amide bonds. The van der Waals surface area contributed by atoms with Crippen LogP contribution in [0, 0.1) is 0 Å². The maximum absolute atomic E-state index is 10.4. The van der Waals surface area contributed by atoms with Gasteiger partial charge < -0.3 is 19.9 Å². The first kappa shape index (κ1) is 18.6. The van der Waals surface area contributed by atoms with Crippen molar-refractivity contribution in [3.63, 3.8) is 0 Å². The lowest BCUT2D eigenvalue weighted by Crippen LogP contribution is -2.36. The number of methoxy groups -OCH3 is 2. The summed E-state index contributed by atoms with van der Waals surface area (Å²) in [7, 11) is 3.47. The molecule has 0 fully saturated rings. The van der Waals surface area contributed by atoms with Crippen LogP contribution in [0.1, 0.15) is 26.3 Å². The fraction of sp³-hybridized carbons (Fsp3) is 0.368. The summed E-state index contributed by atoms with van der Waals surface area (Å²) in [5.74, 6) is 1.29. The van der Waals surface area contributed by atoms with E-state index >= 15 is 0 Å². The molecular weight excluding hydrogens is 321 g/mol. The summed E-state index contributed by atoms with van der Waals surface area (Å²) in [6.07, 6.45) is 0. The van der Waals surface area contributed by atoms with Crippen molar-refractivity contribution in [3.05, 3.63) is 42.0 Å². The summed E-state index contributed by atoms with van der Waals surface area (Å²) in [5, 5.41) is 16.0. The molecule has 0 aliphatic heterocycles. The van der Waals surface area contributed by atoms with Crippen LogP contribution in [0.15, 0.2) is 36.4 Å². The van der Waals surface area contributed by atoms with Gasteiger partial charge in [0.25, 0.3) is 0 Å². The number of phenolic OH excluding ortho intramolecular Hbond substituents is 1. The van der Waals surface area contributed by atoms with E-state index < -0.39 is 0 Å². The van der Waals surface area contributed by atoms with Crippen molar-refractivity contribution in [2.24, 2.45) is 0 Å². The maximum atomic E-state index is 10.4. The van der Waals surface area contributed by atoms with Crippen LogP contribution in [-0.4, -0.2) is 24.9 Å². The van der Waals surface area contributed by atoms with Gasteiger partial charge >= 0.3 is 0 Å². The Hall–Kier alpha value is -1.77. The highest BCUT2D eigenvalue weighted by Gasteiger charge is 2.14. The Morgan fingerprint density at radius 3 is 2.38 bits per heavy atom. The maximum Gasteiger partial charge on any atom is 0.165 e. The Bertz CT molecular complexity index is 695. The first-order chi connectivity index (χ1) is 11.3. The van der Waals surface area contributed by atoms with Gasteiger partial charge in [-0.15, -0.1) is 0 Å². The molecule has 2 aromatic rings. The predicted molar refractivity (Wildman–Crippen MR) is 102 cm³/mol. The number of hydrogen-bond donors (Lipinski definition) is 2. The van der Waals surface area contributed by atoms with Crippen LogP contribution >= 0.6 is 8.58 Å². The molecular formula is C19H26NO3P. The zero-order valence-corrected chi connectivity index (χ0v) is 15.9. The molecule has 2 aromatic carbocycles. The molecule has 2 N–H and O–H groups in total. The summed E-state index contributed by atoms with van der Waals surface area (Å²) in [6.45, 7) is 7.23. The predicted octanol–water partition coefficient (Wildman–Crippen LogP) is 2.93. The Morgan fingerprint density at radius 2 is 1.75 bits per heavy atom. The summed E-state index contributed by atoms with van der Waals surface area (Å²) in [5.41, 5.74) is 1.28. The zero-order chi connectivity index (χ0) is 17.7. The van der Waals surface area contributed by atoms with E-state index in [1.165, 1.54) is 10.9 Å². The number of rotatable bonds is 6. The molecule has 0 aliphatic carbocycles. The van der Waals surface area contributed by atoms with Gasteiger partial charge in [0.1, 0.15) is 5.75 Å². The Balaban J connectivity index is 2.31. The standard InChI is InChI=1S/C19H26NO3P/c1-19(2,3)20-12-13-8-6-7-9-16(13)24-17-11-14(22-4)10-15(23-5)18(17)21/h6-11,20-21,24H,12H2,1-5H3. The molecule has 2 rings (SSSR count). The lowest BCUT2D eigenvalue weighted by atomic mass is 10.1. The van der Waals surface area contributed by atoms with E-state index in [9.17, 15) is 5.11 Å². The number of nitrogens with one attached hydrogen (secondary N) is 1. The zero-order valence-electron chi connectivity index (χ0n) is 14.9. The van der Waals surface area contributed by atoms with Crippen molar-refractivity contribution >= 4 is 19.2 Å². The minimum atomic E-state index is 0.0531. The molecule has 0 heterocycles. The van der Waals surface area contributed by atoms with Gasteiger partial charge in [-0.1, -0.05) is 32.8 Å². The van der Waals surface area contributed by atoms with Crippen LogP contribution < -0.4 is 25.4 Å². The minimum absolute atomic E-state index is 0.0531. The number of phenols is 1. The number of aromatic hydroxyl groups is 1. The van der Waals surface area contributed by atoms with Crippen LogP contribution in [-0.2, 0) is 6.54 Å². The molecule has 24 heavy (non-hydrogen) atoms. The average Bonchev–Trinajstić information content (AvgIpc) is 2.55. The van der Waals surface area contributed by atoms with E-state index in [1.54, 1.807) is 20.3 Å². The second-order valence-electron chi connectivity index (χ2n) is 6.61. The Labute approximate surface area is 146 Å². The second-order valence-corrected chi connectivity index (χ2v) is 7.94. The molecule has 1 atom stereocenters.